The molecule has 0 saturated carbocycles. The van der Waals surface area contributed by atoms with E-state index in [-0.39, 0.29) is 17.0 Å². The Hall–Kier alpha value is -2.36. The molecule has 0 aliphatic heterocycles. The largest absolute Gasteiger partial charge is 0.399 e. The van der Waals surface area contributed by atoms with Gasteiger partial charge in [-0.25, -0.2) is 13.1 Å². The van der Waals surface area contributed by atoms with E-state index in [9.17, 15) is 8.42 Å². The van der Waals surface area contributed by atoms with Gasteiger partial charge in [0.1, 0.15) is 6.07 Å². The lowest BCUT2D eigenvalue weighted by molar-refractivity contribution is 0.581. The number of nitrogen functional groups attached to an aromatic ring is 1. The summed E-state index contributed by atoms with van der Waals surface area (Å²) in [6, 6.07) is 13.5. The molecule has 2 aromatic carbocycles. The summed E-state index contributed by atoms with van der Waals surface area (Å²) in [5, 5.41) is 9.02. The average molecular weight is 301 g/mol. The number of anilines is 1. The number of hydrogen-bond donors (Lipinski definition) is 2. The Balaban J connectivity index is 2.23. The molecule has 0 heterocycles. The van der Waals surface area contributed by atoms with Crippen LogP contribution in [0.5, 0.6) is 0 Å². The number of sulfonamides is 1. The normalized spacial score (nSPS) is 11.0. The Kier molecular flexibility index (Phi) is 4.26. The van der Waals surface area contributed by atoms with Gasteiger partial charge in [0.2, 0.25) is 10.0 Å². The summed E-state index contributed by atoms with van der Waals surface area (Å²) in [7, 11) is -3.76. The van der Waals surface area contributed by atoms with Gasteiger partial charge in [-0.05, 0) is 30.7 Å². The minimum Gasteiger partial charge on any atom is -0.399 e. The Morgan fingerprint density at radius 2 is 1.86 bits per heavy atom. The molecule has 3 N–H and O–H groups in total. The van der Waals surface area contributed by atoms with Gasteiger partial charge < -0.3 is 5.73 Å². The summed E-state index contributed by atoms with van der Waals surface area (Å²) < 4.78 is 27.0. The van der Waals surface area contributed by atoms with E-state index in [2.05, 4.69) is 4.72 Å². The molecule has 2 rings (SSSR count). The van der Waals surface area contributed by atoms with Gasteiger partial charge >= 0.3 is 0 Å². The van der Waals surface area contributed by atoms with Crippen LogP contribution in [-0.2, 0) is 16.6 Å². The van der Waals surface area contributed by atoms with Crippen molar-refractivity contribution in [2.45, 2.75) is 18.4 Å². The molecule has 21 heavy (non-hydrogen) atoms. The zero-order valence-electron chi connectivity index (χ0n) is 11.5. The number of nitrogens with zero attached hydrogens (tertiary/aromatic N) is 1. The number of nitriles is 1. The molecule has 0 radical (unpaired) electrons. The molecule has 0 aliphatic rings. The van der Waals surface area contributed by atoms with Crippen LogP contribution in [0.25, 0.3) is 0 Å². The number of rotatable bonds is 4. The van der Waals surface area contributed by atoms with Crippen molar-refractivity contribution in [3.8, 4) is 6.07 Å². The fourth-order valence-electron chi connectivity index (χ4n) is 1.83. The van der Waals surface area contributed by atoms with Crippen molar-refractivity contribution in [1.82, 2.24) is 4.72 Å². The molecule has 0 amide bonds. The third-order valence-electron chi connectivity index (χ3n) is 3.00. The molecule has 0 aromatic heterocycles. The van der Waals surface area contributed by atoms with Gasteiger partial charge in [-0.1, -0.05) is 29.8 Å². The zero-order chi connectivity index (χ0) is 15.5. The maximum atomic E-state index is 12.3. The molecule has 108 valence electrons. The van der Waals surface area contributed by atoms with Gasteiger partial charge in [-0.3, -0.25) is 0 Å². The van der Waals surface area contributed by atoms with Crippen LogP contribution in [0.15, 0.2) is 47.4 Å². The molecule has 5 nitrogen and oxygen atoms in total. The van der Waals surface area contributed by atoms with Crippen LogP contribution < -0.4 is 10.5 Å². The van der Waals surface area contributed by atoms with E-state index in [0.717, 1.165) is 11.1 Å². The summed E-state index contributed by atoms with van der Waals surface area (Å²) in [6.45, 7) is 2.12. The third-order valence-corrected chi connectivity index (χ3v) is 4.46. The first-order chi connectivity index (χ1) is 9.92. The predicted molar refractivity (Wildman–Crippen MR) is 80.8 cm³/mol. The molecule has 0 bridgehead atoms. The highest BCUT2D eigenvalue weighted by molar-refractivity contribution is 7.89. The second-order valence-corrected chi connectivity index (χ2v) is 6.41. The quantitative estimate of drug-likeness (QED) is 0.843. The topological polar surface area (TPSA) is 96.0 Å². The molecular weight excluding hydrogens is 286 g/mol. The summed E-state index contributed by atoms with van der Waals surface area (Å²) in [5.41, 5.74) is 7.89. The first-order valence-electron chi connectivity index (χ1n) is 6.27. The number of aryl methyl sites for hydroxylation is 1. The molecule has 0 aliphatic carbocycles. The monoisotopic (exact) mass is 301 g/mol. The van der Waals surface area contributed by atoms with E-state index in [1.54, 1.807) is 0 Å². The Morgan fingerprint density at radius 1 is 1.19 bits per heavy atom. The number of benzene rings is 2. The summed E-state index contributed by atoms with van der Waals surface area (Å²) in [6.07, 6.45) is 0. The molecule has 0 atom stereocenters. The van der Waals surface area contributed by atoms with Crippen molar-refractivity contribution < 1.29 is 8.42 Å². The van der Waals surface area contributed by atoms with E-state index < -0.39 is 10.0 Å². The highest BCUT2D eigenvalue weighted by atomic mass is 32.2. The van der Waals surface area contributed by atoms with Crippen molar-refractivity contribution in [1.29, 1.82) is 5.26 Å². The number of nitrogens with two attached hydrogens (primary N) is 1. The van der Waals surface area contributed by atoms with Crippen molar-refractivity contribution in [2.24, 2.45) is 0 Å². The highest BCUT2D eigenvalue weighted by Crippen LogP contribution is 2.18. The van der Waals surface area contributed by atoms with Crippen molar-refractivity contribution in [3.63, 3.8) is 0 Å². The Labute approximate surface area is 124 Å². The van der Waals surface area contributed by atoms with E-state index in [0.29, 0.717) is 5.69 Å². The maximum Gasteiger partial charge on any atom is 0.242 e. The van der Waals surface area contributed by atoms with Crippen LogP contribution >= 0.6 is 0 Å². The maximum absolute atomic E-state index is 12.3. The van der Waals surface area contributed by atoms with Crippen LogP contribution in [0.2, 0.25) is 0 Å². The Bertz CT molecular complexity index is 791. The van der Waals surface area contributed by atoms with Crippen LogP contribution in [0, 0.1) is 18.3 Å². The number of nitrogens with one attached hydrogen (secondary N) is 1. The van der Waals surface area contributed by atoms with Gasteiger partial charge in [0, 0.05) is 12.2 Å². The highest BCUT2D eigenvalue weighted by Gasteiger charge is 2.18. The predicted octanol–water partition coefficient (Wildman–Crippen LogP) is 1.93. The van der Waals surface area contributed by atoms with Gasteiger partial charge in [0.25, 0.3) is 0 Å². The Morgan fingerprint density at radius 3 is 2.48 bits per heavy atom. The van der Waals surface area contributed by atoms with Gasteiger partial charge in [-0.15, -0.1) is 0 Å². The lowest BCUT2D eigenvalue weighted by atomic mass is 10.2. The fourth-order valence-corrected chi connectivity index (χ4v) is 2.98. The van der Waals surface area contributed by atoms with Gasteiger partial charge in [0.15, 0.2) is 0 Å². The fraction of sp³-hybridized carbons (Fsp3) is 0.133. The van der Waals surface area contributed by atoms with Gasteiger partial charge in [-0.2, -0.15) is 5.26 Å². The first kappa shape index (κ1) is 15.0. The average Bonchev–Trinajstić information content (AvgIpc) is 2.46. The number of hydrogen-bond acceptors (Lipinski definition) is 4. The SMILES string of the molecule is Cc1ccc(CNS(=O)(=O)c2ccc(N)cc2C#N)cc1. The molecular formula is C15H15N3O2S. The van der Waals surface area contributed by atoms with E-state index in [4.69, 9.17) is 11.0 Å². The van der Waals surface area contributed by atoms with E-state index in [1.165, 1.54) is 18.2 Å². The van der Waals surface area contributed by atoms with Crippen LogP contribution in [0.3, 0.4) is 0 Å². The van der Waals surface area contributed by atoms with Crippen molar-refractivity contribution in [3.05, 3.63) is 59.2 Å². The van der Waals surface area contributed by atoms with E-state index >= 15 is 0 Å². The lowest BCUT2D eigenvalue weighted by Crippen LogP contribution is -2.24. The summed E-state index contributed by atoms with van der Waals surface area (Å²) in [5.74, 6) is 0. The minimum absolute atomic E-state index is 0.0337. The molecule has 6 heteroatoms. The molecule has 0 unspecified atom stereocenters. The molecule has 0 spiro atoms. The molecule has 0 saturated heterocycles. The van der Waals surface area contributed by atoms with Crippen LogP contribution in [-0.4, -0.2) is 8.42 Å². The van der Waals surface area contributed by atoms with Gasteiger partial charge in [0.05, 0.1) is 10.5 Å². The van der Waals surface area contributed by atoms with Crippen LogP contribution in [0.4, 0.5) is 5.69 Å². The second kappa shape index (κ2) is 5.95. The first-order valence-corrected chi connectivity index (χ1v) is 7.75. The third kappa shape index (κ3) is 3.60. The lowest BCUT2D eigenvalue weighted by Gasteiger charge is -2.09. The van der Waals surface area contributed by atoms with Crippen molar-refractivity contribution >= 4 is 15.7 Å². The standard InChI is InChI=1S/C15H15N3O2S/c1-11-2-4-12(5-3-11)10-18-21(19,20)15-7-6-14(17)8-13(15)9-16/h2-8,18H,10,17H2,1H3. The van der Waals surface area contributed by atoms with Crippen LogP contribution in [0.1, 0.15) is 16.7 Å². The zero-order valence-corrected chi connectivity index (χ0v) is 12.3. The summed E-state index contributed by atoms with van der Waals surface area (Å²) in [4.78, 5) is -0.0636. The minimum atomic E-state index is -3.76. The smallest absolute Gasteiger partial charge is 0.242 e. The summed E-state index contributed by atoms with van der Waals surface area (Å²) >= 11 is 0. The van der Waals surface area contributed by atoms with E-state index in [1.807, 2.05) is 37.3 Å². The molecule has 0 fully saturated rings. The second-order valence-electron chi connectivity index (χ2n) is 4.68. The molecule has 2 aromatic rings. The van der Waals surface area contributed by atoms with Crippen molar-refractivity contribution in [2.75, 3.05) is 5.73 Å².